The van der Waals surface area contributed by atoms with Crippen LogP contribution in [0.15, 0.2) is 29.1 Å². The molecule has 2 aromatic rings. The Bertz CT molecular complexity index is 1070. The number of carbonyl (C=O) groups is 2. The highest BCUT2D eigenvalue weighted by Crippen LogP contribution is 2.11. The number of likely N-dealkylation sites (N-methyl/N-ethyl adjacent to an activating group) is 1. The number of hydrogen-bond acceptors (Lipinski definition) is 7. The number of H-pyrrole nitrogens is 1. The van der Waals surface area contributed by atoms with E-state index in [2.05, 4.69) is 20.6 Å². The average Bonchev–Trinajstić information content (AvgIpc) is 2.92. The number of urea groups is 1. The molecular formula is C17H21N5O5S. The number of amides is 3. The number of para-hydroxylation sites is 1. The van der Waals surface area contributed by atoms with Gasteiger partial charge >= 0.3 is 6.03 Å². The molecule has 1 fully saturated rings. The van der Waals surface area contributed by atoms with Crippen LogP contribution in [0.1, 0.15) is 12.2 Å². The summed E-state index contributed by atoms with van der Waals surface area (Å²) in [5.74, 6) is -0.232. The summed E-state index contributed by atoms with van der Waals surface area (Å²) in [6.45, 7) is 0.100. The topological polar surface area (TPSA) is 141 Å². The van der Waals surface area contributed by atoms with Crippen LogP contribution in [-0.4, -0.2) is 66.4 Å². The third-order valence-corrected chi connectivity index (χ3v) is 6.08. The van der Waals surface area contributed by atoms with Crippen LogP contribution in [0.25, 0.3) is 10.9 Å². The lowest BCUT2D eigenvalue weighted by Crippen LogP contribution is -2.47. The Labute approximate surface area is 161 Å². The summed E-state index contributed by atoms with van der Waals surface area (Å²) in [7, 11) is -1.46. The molecule has 1 unspecified atom stereocenters. The van der Waals surface area contributed by atoms with Crippen molar-refractivity contribution in [3.8, 4) is 0 Å². The van der Waals surface area contributed by atoms with Crippen LogP contribution < -0.4 is 16.2 Å². The molecular weight excluding hydrogens is 386 g/mol. The maximum Gasteiger partial charge on any atom is 0.321 e. The molecule has 1 atom stereocenters. The van der Waals surface area contributed by atoms with Gasteiger partial charge in [0.1, 0.15) is 5.82 Å². The van der Waals surface area contributed by atoms with Gasteiger partial charge < -0.3 is 10.3 Å². The third kappa shape index (κ3) is 5.14. The highest BCUT2D eigenvalue weighted by atomic mass is 32.2. The van der Waals surface area contributed by atoms with Gasteiger partial charge in [0.15, 0.2) is 9.84 Å². The van der Waals surface area contributed by atoms with Crippen molar-refractivity contribution in [3.63, 3.8) is 0 Å². The Morgan fingerprint density at radius 2 is 2.07 bits per heavy atom. The van der Waals surface area contributed by atoms with E-state index < -0.39 is 27.8 Å². The van der Waals surface area contributed by atoms with Gasteiger partial charge in [0.05, 0.1) is 35.5 Å². The van der Waals surface area contributed by atoms with Crippen molar-refractivity contribution in [2.45, 2.75) is 19.0 Å². The van der Waals surface area contributed by atoms with Crippen LogP contribution in [0, 0.1) is 0 Å². The van der Waals surface area contributed by atoms with Crippen molar-refractivity contribution in [2.24, 2.45) is 0 Å². The molecule has 3 N–H and O–H groups in total. The molecule has 1 saturated heterocycles. The molecule has 3 rings (SSSR count). The predicted octanol–water partition coefficient (Wildman–Crippen LogP) is -0.632. The molecule has 10 nitrogen and oxygen atoms in total. The molecule has 11 heteroatoms. The lowest BCUT2D eigenvalue weighted by molar-refractivity contribution is -0.121. The minimum atomic E-state index is -3.11. The van der Waals surface area contributed by atoms with Gasteiger partial charge in [-0.1, -0.05) is 12.1 Å². The molecule has 1 aliphatic heterocycles. The number of sulfone groups is 1. The molecule has 0 spiro atoms. The largest absolute Gasteiger partial charge is 0.334 e. The monoisotopic (exact) mass is 407 g/mol. The molecule has 3 amide bonds. The zero-order valence-electron chi connectivity index (χ0n) is 15.3. The highest BCUT2D eigenvalue weighted by molar-refractivity contribution is 7.91. The summed E-state index contributed by atoms with van der Waals surface area (Å²) >= 11 is 0. The normalized spacial score (nSPS) is 18.3. The number of hydrogen-bond donors (Lipinski definition) is 3. The summed E-state index contributed by atoms with van der Waals surface area (Å²) in [4.78, 5) is 44.5. The van der Waals surface area contributed by atoms with Crippen molar-refractivity contribution >= 4 is 32.7 Å². The van der Waals surface area contributed by atoms with Gasteiger partial charge in [0.25, 0.3) is 5.56 Å². The quantitative estimate of drug-likeness (QED) is 0.599. The zero-order valence-corrected chi connectivity index (χ0v) is 16.1. The minimum absolute atomic E-state index is 0.0333. The van der Waals surface area contributed by atoms with Gasteiger partial charge in [-0.05, 0) is 25.6 Å². The number of rotatable bonds is 5. The van der Waals surface area contributed by atoms with Crippen LogP contribution in [0.4, 0.5) is 4.79 Å². The van der Waals surface area contributed by atoms with Crippen LogP contribution in [0.3, 0.4) is 0 Å². The number of nitrogens with zero attached hydrogens (tertiary/aromatic N) is 2. The summed E-state index contributed by atoms with van der Waals surface area (Å²) in [5, 5.41) is 5.15. The fourth-order valence-electron chi connectivity index (χ4n) is 3.06. The maximum atomic E-state index is 12.1. The van der Waals surface area contributed by atoms with Crippen LogP contribution in [0.2, 0.25) is 0 Å². The number of aromatic amines is 1. The number of nitrogens with one attached hydrogen (secondary N) is 3. The van der Waals surface area contributed by atoms with Gasteiger partial charge in [-0.25, -0.2) is 18.2 Å². The predicted molar refractivity (Wildman–Crippen MR) is 102 cm³/mol. The summed E-state index contributed by atoms with van der Waals surface area (Å²) < 4.78 is 22.8. The van der Waals surface area contributed by atoms with Crippen molar-refractivity contribution in [3.05, 3.63) is 40.4 Å². The van der Waals surface area contributed by atoms with E-state index in [1.807, 2.05) is 0 Å². The summed E-state index contributed by atoms with van der Waals surface area (Å²) in [6, 6.07) is 5.73. The number of aromatic nitrogens is 2. The van der Waals surface area contributed by atoms with E-state index in [0.29, 0.717) is 23.1 Å². The first-order valence-corrected chi connectivity index (χ1v) is 10.5. The van der Waals surface area contributed by atoms with E-state index in [-0.39, 0.29) is 30.2 Å². The molecule has 28 heavy (non-hydrogen) atoms. The van der Waals surface area contributed by atoms with Gasteiger partial charge in [0, 0.05) is 6.04 Å². The first-order chi connectivity index (χ1) is 13.2. The molecule has 1 aromatic heterocycles. The maximum absolute atomic E-state index is 12.1. The number of fused-ring (bicyclic) bond motifs is 1. The molecule has 1 aliphatic rings. The molecule has 1 aromatic carbocycles. The second-order valence-corrected chi connectivity index (χ2v) is 9.05. The van der Waals surface area contributed by atoms with E-state index >= 15 is 0 Å². The van der Waals surface area contributed by atoms with E-state index in [0.717, 1.165) is 0 Å². The Balaban J connectivity index is 1.52. The van der Waals surface area contributed by atoms with Gasteiger partial charge in [-0.15, -0.1) is 0 Å². The van der Waals surface area contributed by atoms with Gasteiger partial charge in [0.2, 0.25) is 5.91 Å². The Morgan fingerprint density at radius 3 is 2.79 bits per heavy atom. The highest BCUT2D eigenvalue weighted by Gasteiger charge is 2.29. The van der Waals surface area contributed by atoms with Crippen LogP contribution >= 0.6 is 0 Å². The molecule has 0 radical (unpaired) electrons. The number of carbonyl (C=O) groups excluding carboxylic acids is 2. The number of imide groups is 1. The lowest BCUT2D eigenvalue weighted by atomic mass is 10.2. The Kier molecular flexibility index (Phi) is 5.75. The van der Waals surface area contributed by atoms with E-state index in [9.17, 15) is 22.8 Å². The van der Waals surface area contributed by atoms with E-state index in [4.69, 9.17) is 0 Å². The first-order valence-electron chi connectivity index (χ1n) is 8.69. The first kappa shape index (κ1) is 20.0. The zero-order chi connectivity index (χ0) is 20.3. The van der Waals surface area contributed by atoms with Crippen molar-refractivity contribution in [2.75, 3.05) is 25.1 Å². The third-order valence-electron chi connectivity index (χ3n) is 4.32. The fraction of sp³-hybridized carbons (Fsp3) is 0.412. The smallest absolute Gasteiger partial charge is 0.321 e. The van der Waals surface area contributed by atoms with Crippen molar-refractivity contribution in [1.82, 2.24) is 25.5 Å². The van der Waals surface area contributed by atoms with Gasteiger partial charge in [-0.2, -0.15) is 0 Å². The van der Waals surface area contributed by atoms with Crippen molar-refractivity contribution in [1.29, 1.82) is 0 Å². The second kappa shape index (κ2) is 8.07. The molecule has 0 bridgehead atoms. The summed E-state index contributed by atoms with van der Waals surface area (Å²) in [6.07, 6.45) is 0.338. The second-order valence-electron chi connectivity index (χ2n) is 6.82. The minimum Gasteiger partial charge on any atom is -0.334 e. The Hall–Kier alpha value is -2.79. The van der Waals surface area contributed by atoms with Crippen molar-refractivity contribution < 1.29 is 18.0 Å². The molecule has 150 valence electrons. The Morgan fingerprint density at radius 1 is 1.32 bits per heavy atom. The molecule has 2 heterocycles. The fourth-order valence-corrected chi connectivity index (χ4v) is 4.74. The van der Waals surface area contributed by atoms with Crippen LogP contribution in [0.5, 0.6) is 0 Å². The standard InChI is InChI=1S/C17H21N5O5S/c1-22(8-14-19-13-5-3-2-4-12(13)16(24)20-14)9-15(23)21-17(25)18-11-6-7-28(26,27)10-11/h2-5,11H,6-10H2,1H3,(H,19,20,24)(H2,18,21,23,25). The van der Waals surface area contributed by atoms with Gasteiger partial charge in [-0.3, -0.25) is 19.8 Å². The molecule has 0 saturated carbocycles. The number of benzene rings is 1. The van der Waals surface area contributed by atoms with E-state index in [1.54, 1.807) is 36.2 Å². The molecule has 0 aliphatic carbocycles. The summed E-state index contributed by atoms with van der Waals surface area (Å²) in [5.41, 5.74) is 0.300. The average molecular weight is 407 g/mol. The lowest BCUT2D eigenvalue weighted by Gasteiger charge is -2.16. The van der Waals surface area contributed by atoms with Crippen LogP contribution in [-0.2, 0) is 21.2 Å². The van der Waals surface area contributed by atoms with E-state index in [1.165, 1.54) is 0 Å². The SMILES string of the molecule is CN(CC(=O)NC(=O)NC1CCS(=O)(=O)C1)Cc1nc2ccccc2c(=O)[nH]1.